The number of amides is 1. The molecule has 2 atom stereocenters. The summed E-state index contributed by atoms with van der Waals surface area (Å²) in [6.07, 6.45) is -1.64. The standard InChI is InChI=1S/C38H48F3N5O5S/c1-24(2)50-17-16-45-14-12-37(13-15-45)21-30(22-37)46-29(18-27(5)38(39,40)41)23-51-33-20-32(34-25(3)8-6-9-26(34)4)42-36(43-33)44-52(48,49)31-11-7-10-28(19-31)35(46)47/h6-11,19-20,24,27,29-30H,12-18,21-23H2,1-5H3,(H,42,43,44)/t27?,29-/m1/s1. The highest BCUT2D eigenvalue weighted by Gasteiger charge is 2.51. The van der Waals surface area contributed by atoms with Gasteiger partial charge in [0.25, 0.3) is 15.9 Å². The zero-order valence-electron chi connectivity index (χ0n) is 30.4. The van der Waals surface area contributed by atoms with Gasteiger partial charge in [-0.25, -0.2) is 18.1 Å². The summed E-state index contributed by atoms with van der Waals surface area (Å²) in [4.78, 5) is 27.1. The van der Waals surface area contributed by atoms with Crippen molar-refractivity contribution in [1.82, 2.24) is 19.8 Å². The van der Waals surface area contributed by atoms with Crippen molar-refractivity contribution in [3.63, 3.8) is 0 Å². The SMILES string of the molecule is Cc1cccc(C)c1-c1cc2nc(n1)NS(=O)(=O)c1cccc(c1)C(=O)N(C1CC3(CCN(CCOC(C)C)CC3)C1)[C@H](CC(C)C(F)(F)F)CO2. The van der Waals surface area contributed by atoms with Crippen LogP contribution >= 0.6 is 0 Å². The summed E-state index contributed by atoms with van der Waals surface area (Å²) in [5.41, 5.74) is 2.94. The number of benzene rings is 2. The Labute approximate surface area is 304 Å². The number of aromatic nitrogens is 2. The molecule has 4 bridgehead atoms. The number of likely N-dealkylation sites (tertiary alicyclic amines) is 1. The van der Waals surface area contributed by atoms with Gasteiger partial charge in [-0.3, -0.25) is 4.79 Å². The van der Waals surface area contributed by atoms with Crippen molar-refractivity contribution in [3.8, 4) is 17.1 Å². The number of rotatable bonds is 8. The van der Waals surface area contributed by atoms with Gasteiger partial charge in [0.15, 0.2) is 0 Å². The second-order valence-corrected chi connectivity index (χ2v) is 16.7. The predicted molar refractivity (Wildman–Crippen MR) is 192 cm³/mol. The Morgan fingerprint density at radius 3 is 2.35 bits per heavy atom. The number of nitrogens with one attached hydrogen (secondary N) is 1. The Morgan fingerprint density at radius 2 is 1.69 bits per heavy atom. The molecular formula is C38H48F3N5O5S. The molecule has 282 valence electrons. The number of sulfonamides is 1. The van der Waals surface area contributed by atoms with Crippen LogP contribution in [0.5, 0.6) is 5.88 Å². The van der Waals surface area contributed by atoms with Crippen molar-refractivity contribution in [1.29, 1.82) is 0 Å². The highest BCUT2D eigenvalue weighted by Crippen LogP contribution is 2.52. The lowest BCUT2D eigenvalue weighted by Gasteiger charge is -2.56. The Morgan fingerprint density at radius 1 is 1.02 bits per heavy atom. The van der Waals surface area contributed by atoms with Crippen molar-refractivity contribution >= 4 is 21.9 Å². The van der Waals surface area contributed by atoms with Crippen LogP contribution in [0.15, 0.2) is 53.4 Å². The van der Waals surface area contributed by atoms with Crippen LogP contribution in [0.4, 0.5) is 19.1 Å². The first-order valence-corrected chi connectivity index (χ1v) is 19.5. The minimum absolute atomic E-state index is 0.0210. The number of piperidine rings is 1. The smallest absolute Gasteiger partial charge is 0.391 e. The Balaban J connectivity index is 1.36. The number of hydrogen-bond acceptors (Lipinski definition) is 8. The first-order chi connectivity index (χ1) is 24.5. The maximum absolute atomic E-state index is 14.5. The van der Waals surface area contributed by atoms with Crippen LogP contribution in [0.3, 0.4) is 0 Å². The van der Waals surface area contributed by atoms with E-state index in [0.29, 0.717) is 25.1 Å². The lowest BCUT2D eigenvalue weighted by molar-refractivity contribution is -0.176. The Bertz CT molecular complexity index is 1850. The minimum Gasteiger partial charge on any atom is -0.475 e. The molecule has 3 aliphatic rings. The fourth-order valence-corrected chi connectivity index (χ4v) is 8.83. The van der Waals surface area contributed by atoms with Crippen molar-refractivity contribution in [2.24, 2.45) is 11.3 Å². The summed E-state index contributed by atoms with van der Waals surface area (Å²) in [6.45, 7) is 11.9. The molecule has 2 fully saturated rings. The molecule has 2 aromatic carbocycles. The number of nitrogens with zero attached hydrogens (tertiary/aromatic N) is 4. The fraction of sp³-hybridized carbons (Fsp3) is 0.553. The maximum Gasteiger partial charge on any atom is 0.391 e. The third-order valence-electron chi connectivity index (χ3n) is 10.8. The van der Waals surface area contributed by atoms with E-state index in [1.165, 1.54) is 24.3 Å². The van der Waals surface area contributed by atoms with Crippen molar-refractivity contribution in [2.75, 3.05) is 37.6 Å². The van der Waals surface area contributed by atoms with E-state index in [0.717, 1.165) is 56.1 Å². The number of anilines is 1. The van der Waals surface area contributed by atoms with Crippen molar-refractivity contribution in [3.05, 3.63) is 65.2 Å². The first-order valence-electron chi connectivity index (χ1n) is 18.0. The highest BCUT2D eigenvalue weighted by atomic mass is 32.2. The van der Waals surface area contributed by atoms with Gasteiger partial charge >= 0.3 is 6.18 Å². The molecule has 6 rings (SSSR count). The number of fused-ring (bicyclic) bond motifs is 4. The molecule has 1 amide bonds. The Kier molecular flexibility index (Phi) is 10.9. The van der Waals surface area contributed by atoms with Crippen molar-refractivity contribution in [2.45, 2.75) is 96.0 Å². The van der Waals surface area contributed by atoms with Crippen LogP contribution in [-0.4, -0.2) is 91.3 Å². The van der Waals surface area contributed by atoms with Crippen LogP contribution in [-0.2, 0) is 14.8 Å². The largest absolute Gasteiger partial charge is 0.475 e. The first kappa shape index (κ1) is 38.0. The fourth-order valence-electron chi connectivity index (χ4n) is 7.84. The molecular weight excluding hydrogens is 696 g/mol. The highest BCUT2D eigenvalue weighted by molar-refractivity contribution is 7.92. The third kappa shape index (κ3) is 8.39. The monoisotopic (exact) mass is 743 g/mol. The molecule has 1 saturated carbocycles. The molecule has 14 heteroatoms. The zero-order chi connectivity index (χ0) is 37.4. The zero-order valence-corrected chi connectivity index (χ0v) is 31.2. The minimum atomic E-state index is -4.50. The second kappa shape index (κ2) is 14.9. The molecule has 10 nitrogen and oxygen atoms in total. The molecule has 1 aliphatic carbocycles. The average molecular weight is 744 g/mol. The van der Waals surface area contributed by atoms with Gasteiger partial charge in [-0.15, -0.1) is 0 Å². The predicted octanol–water partition coefficient (Wildman–Crippen LogP) is 7.02. The Hall–Kier alpha value is -3.75. The van der Waals surface area contributed by atoms with E-state index in [9.17, 15) is 26.4 Å². The van der Waals surface area contributed by atoms with Crippen LogP contribution < -0.4 is 9.46 Å². The van der Waals surface area contributed by atoms with E-state index in [1.807, 2.05) is 45.9 Å². The number of halogens is 3. The van der Waals surface area contributed by atoms with Gasteiger partial charge in [0.2, 0.25) is 11.8 Å². The van der Waals surface area contributed by atoms with E-state index in [1.54, 1.807) is 11.0 Å². The van der Waals surface area contributed by atoms with Gasteiger partial charge in [-0.2, -0.15) is 18.2 Å². The summed E-state index contributed by atoms with van der Waals surface area (Å²) in [6, 6.07) is 11.5. The second-order valence-electron chi connectivity index (χ2n) is 15.0. The van der Waals surface area contributed by atoms with E-state index < -0.39 is 40.5 Å². The van der Waals surface area contributed by atoms with E-state index in [-0.39, 0.29) is 46.5 Å². The number of ether oxygens (including phenoxy) is 2. The number of alkyl halides is 3. The summed E-state index contributed by atoms with van der Waals surface area (Å²) in [7, 11) is -4.29. The molecule has 1 unspecified atom stereocenters. The van der Waals surface area contributed by atoms with Gasteiger partial charge in [-0.05, 0) is 108 Å². The van der Waals surface area contributed by atoms with E-state index in [2.05, 4.69) is 19.6 Å². The lowest BCUT2D eigenvalue weighted by Crippen LogP contribution is -2.60. The number of aryl methyl sites for hydroxylation is 2. The summed E-state index contributed by atoms with van der Waals surface area (Å²) >= 11 is 0. The number of hydrogen-bond donors (Lipinski definition) is 1. The third-order valence-corrected chi connectivity index (χ3v) is 12.1. The van der Waals surface area contributed by atoms with Crippen LogP contribution in [0, 0.1) is 25.2 Å². The van der Waals surface area contributed by atoms with Crippen LogP contribution in [0.1, 0.15) is 74.4 Å². The normalized spacial score (nSPS) is 21.4. The quantitative estimate of drug-likeness (QED) is 0.262. The molecule has 1 spiro atoms. The average Bonchev–Trinajstić information content (AvgIpc) is 3.06. The van der Waals surface area contributed by atoms with Crippen LogP contribution in [0.25, 0.3) is 11.3 Å². The summed E-state index contributed by atoms with van der Waals surface area (Å²) in [5.74, 6) is -2.55. The van der Waals surface area contributed by atoms with Crippen LogP contribution in [0.2, 0.25) is 0 Å². The molecule has 2 aliphatic heterocycles. The molecule has 52 heavy (non-hydrogen) atoms. The van der Waals surface area contributed by atoms with Gasteiger partial charge in [0, 0.05) is 29.8 Å². The molecule has 1 N–H and O–H groups in total. The molecule has 3 aromatic rings. The maximum atomic E-state index is 14.5. The summed E-state index contributed by atoms with van der Waals surface area (Å²) in [5, 5.41) is 0. The van der Waals surface area contributed by atoms with E-state index in [4.69, 9.17) is 9.47 Å². The number of carbonyl (C=O) groups excluding carboxylic acids is 1. The van der Waals surface area contributed by atoms with Crippen molar-refractivity contribution < 1.29 is 35.9 Å². The van der Waals surface area contributed by atoms with Gasteiger partial charge < -0.3 is 19.3 Å². The number of carbonyl (C=O) groups is 1. The molecule has 3 heterocycles. The topological polar surface area (TPSA) is 114 Å². The lowest BCUT2D eigenvalue weighted by atomic mass is 9.59. The van der Waals surface area contributed by atoms with Gasteiger partial charge in [0.1, 0.15) is 6.61 Å². The van der Waals surface area contributed by atoms with Gasteiger partial charge in [-0.1, -0.05) is 31.2 Å². The molecule has 1 aromatic heterocycles. The molecule has 0 radical (unpaired) electrons. The summed E-state index contributed by atoms with van der Waals surface area (Å²) < 4.78 is 84.3. The van der Waals surface area contributed by atoms with E-state index >= 15 is 0 Å². The molecule has 1 saturated heterocycles. The van der Waals surface area contributed by atoms with Gasteiger partial charge in [0.05, 0.1) is 35.3 Å².